The third-order valence-electron chi connectivity index (χ3n) is 5.71. The van der Waals surface area contributed by atoms with Gasteiger partial charge in [0.25, 0.3) is 5.91 Å². The van der Waals surface area contributed by atoms with E-state index in [0.29, 0.717) is 41.2 Å². The Labute approximate surface area is 204 Å². The molecule has 1 aliphatic rings. The number of nitrogens with one attached hydrogen (secondary N) is 1. The third kappa shape index (κ3) is 5.40. The molecule has 0 saturated carbocycles. The van der Waals surface area contributed by atoms with Gasteiger partial charge in [-0.2, -0.15) is 0 Å². The number of carbonyl (C=O) groups excluding carboxylic acids is 3. The van der Waals surface area contributed by atoms with Gasteiger partial charge >= 0.3 is 11.9 Å². The number of esters is 2. The maximum absolute atomic E-state index is 12.6. The van der Waals surface area contributed by atoms with E-state index < -0.39 is 30.5 Å². The first-order valence-corrected chi connectivity index (χ1v) is 11.0. The Bertz CT molecular complexity index is 1150. The zero-order valence-electron chi connectivity index (χ0n) is 20.4. The van der Waals surface area contributed by atoms with Crippen LogP contribution in [0.15, 0.2) is 36.4 Å². The van der Waals surface area contributed by atoms with Crippen LogP contribution in [0.2, 0.25) is 0 Å². The lowest BCUT2D eigenvalue weighted by atomic mass is 9.92. The summed E-state index contributed by atoms with van der Waals surface area (Å²) in [6, 6.07) is 6.57. The number of ether oxygens (including phenoxy) is 5. The number of methoxy groups -OCH3 is 4. The van der Waals surface area contributed by atoms with Gasteiger partial charge in [0.1, 0.15) is 0 Å². The van der Waals surface area contributed by atoms with Crippen LogP contribution in [0, 0.1) is 0 Å². The summed E-state index contributed by atoms with van der Waals surface area (Å²) < 4.78 is 26.7. The van der Waals surface area contributed by atoms with E-state index in [0.717, 1.165) is 16.7 Å². The normalized spacial score (nSPS) is 14.3. The van der Waals surface area contributed by atoms with Crippen molar-refractivity contribution in [1.82, 2.24) is 5.32 Å². The van der Waals surface area contributed by atoms with Gasteiger partial charge in [-0.3, -0.25) is 4.79 Å². The van der Waals surface area contributed by atoms with Crippen molar-refractivity contribution in [2.75, 3.05) is 35.0 Å². The van der Waals surface area contributed by atoms with Crippen LogP contribution in [0.1, 0.15) is 40.9 Å². The molecule has 2 aromatic rings. The number of allylic oxidation sites excluding steroid dienone is 1. The average molecular weight is 484 g/mol. The Balaban J connectivity index is 2.10. The second-order valence-electron chi connectivity index (χ2n) is 7.74. The third-order valence-corrected chi connectivity index (χ3v) is 5.71. The fraction of sp³-hybridized carbons (Fsp3) is 0.346. The summed E-state index contributed by atoms with van der Waals surface area (Å²) in [6.07, 6.45) is 3.85. The fourth-order valence-corrected chi connectivity index (χ4v) is 4.18. The molecule has 0 aromatic heterocycles. The topological polar surface area (TPSA) is 109 Å². The van der Waals surface area contributed by atoms with E-state index in [4.69, 9.17) is 23.7 Å². The predicted molar refractivity (Wildman–Crippen MR) is 128 cm³/mol. The van der Waals surface area contributed by atoms with Gasteiger partial charge in [-0.25, -0.2) is 9.59 Å². The standard InChI is InChI=1S/C26H29NO8/c1-6-7-22(29)35-14-21(28)27-19-11-9-15-13-20(31-2)24(32-3)25(33-4)23(15)17-10-8-16(12-18(17)19)26(30)34-5/h6-8,10,12-13,19H,9,11,14H2,1-5H3,(H,27,28)/b7-6+/t19-/m0/s1. The zero-order chi connectivity index (χ0) is 25.5. The van der Waals surface area contributed by atoms with Crippen molar-refractivity contribution >= 4 is 17.8 Å². The Kier molecular flexibility index (Phi) is 8.35. The van der Waals surface area contributed by atoms with Crippen LogP contribution in [0.25, 0.3) is 11.1 Å². The number of hydrogen-bond donors (Lipinski definition) is 1. The molecule has 0 spiro atoms. The largest absolute Gasteiger partial charge is 0.493 e. The molecule has 0 saturated heterocycles. The second kappa shape index (κ2) is 11.4. The summed E-state index contributed by atoms with van der Waals surface area (Å²) in [5.41, 5.74) is 3.52. The molecule has 1 N–H and O–H groups in total. The predicted octanol–water partition coefficient (Wildman–Crippen LogP) is 3.39. The second-order valence-corrected chi connectivity index (χ2v) is 7.74. The zero-order valence-corrected chi connectivity index (χ0v) is 20.4. The van der Waals surface area contributed by atoms with Crippen LogP contribution < -0.4 is 19.5 Å². The van der Waals surface area contributed by atoms with Gasteiger partial charge in [0.2, 0.25) is 5.75 Å². The van der Waals surface area contributed by atoms with E-state index >= 15 is 0 Å². The van der Waals surface area contributed by atoms with E-state index in [1.165, 1.54) is 26.4 Å². The minimum atomic E-state index is -0.603. The lowest BCUT2D eigenvalue weighted by molar-refractivity contribution is -0.144. The highest BCUT2D eigenvalue weighted by Gasteiger charge is 2.30. The molecule has 186 valence electrons. The van der Waals surface area contributed by atoms with Gasteiger partial charge in [0.05, 0.1) is 40.0 Å². The van der Waals surface area contributed by atoms with Gasteiger partial charge < -0.3 is 29.0 Å². The number of amides is 1. The molecule has 0 unspecified atom stereocenters. The van der Waals surface area contributed by atoms with Crippen molar-refractivity contribution in [3.63, 3.8) is 0 Å². The van der Waals surface area contributed by atoms with Crippen LogP contribution in [0.4, 0.5) is 0 Å². The number of rotatable bonds is 8. The molecule has 2 aromatic carbocycles. The summed E-state index contributed by atoms with van der Waals surface area (Å²) in [6.45, 7) is 1.25. The van der Waals surface area contributed by atoms with Crippen LogP contribution in [-0.4, -0.2) is 52.9 Å². The number of fused-ring (bicyclic) bond motifs is 3. The molecule has 0 bridgehead atoms. The molecule has 0 fully saturated rings. The molecule has 0 radical (unpaired) electrons. The summed E-state index contributed by atoms with van der Waals surface area (Å²) in [7, 11) is 5.93. The average Bonchev–Trinajstić information content (AvgIpc) is 3.02. The molecular formula is C26H29NO8. The lowest BCUT2D eigenvalue weighted by Crippen LogP contribution is -2.32. The van der Waals surface area contributed by atoms with Gasteiger partial charge in [-0.15, -0.1) is 0 Å². The molecule has 0 heterocycles. The summed E-state index contributed by atoms with van der Waals surface area (Å²) in [4.78, 5) is 36.5. The van der Waals surface area contributed by atoms with E-state index in [-0.39, 0.29) is 0 Å². The highest BCUT2D eigenvalue weighted by Crippen LogP contribution is 2.50. The molecule has 1 atom stereocenters. The highest BCUT2D eigenvalue weighted by atomic mass is 16.5. The van der Waals surface area contributed by atoms with Crippen molar-refractivity contribution in [2.45, 2.75) is 25.8 Å². The minimum Gasteiger partial charge on any atom is -0.493 e. The number of carbonyl (C=O) groups is 3. The van der Waals surface area contributed by atoms with E-state index in [1.807, 2.05) is 6.07 Å². The van der Waals surface area contributed by atoms with Crippen LogP contribution in [0.3, 0.4) is 0 Å². The first kappa shape index (κ1) is 25.6. The van der Waals surface area contributed by atoms with Gasteiger partial charge in [0, 0.05) is 11.6 Å². The van der Waals surface area contributed by atoms with Crippen molar-refractivity contribution in [1.29, 1.82) is 0 Å². The fourth-order valence-electron chi connectivity index (χ4n) is 4.18. The molecule has 1 aliphatic carbocycles. The SMILES string of the molecule is C/C=C/C(=O)OCC(=O)N[C@H]1CCc2cc(OC)c(OC)c(OC)c2-c2ccc(C(=O)OC)cc21. The lowest BCUT2D eigenvalue weighted by Gasteiger charge is -2.21. The van der Waals surface area contributed by atoms with Crippen LogP contribution in [0.5, 0.6) is 17.2 Å². The first-order valence-electron chi connectivity index (χ1n) is 11.0. The molecule has 9 nitrogen and oxygen atoms in total. The van der Waals surface area contributed by atoms with Crippen molar-refractivity contribution in [2.24, 2.45) is 0 Å². The summed E-state index contributed by atoms with van der Waals surface area (Å²) >= 11 is 0. The van der Waals surface area contributed by atoms with E-state index in [9.17, 15) is 14.4 Å². The molecule has 35 heavy (non-hydrogen) atoms. The summed E-state index contributed by atoms with van der Waals surface area (Å²) in [5, 5.41) is 2.93. The maximum atomic E-state index is 12.6. The molecule has 3 rings (SSSR count). The monoisotopic (exact) mass is 483 g/mol. The van der Waals surface area contributed by atoms with Gasteiger partial charge in [-0.1, -0.05) is 12.1 Å². The Morgan fingerprint density at radius 1 is 1.03 bits per heavy atom. The molecular weight excluding hydrogens is 454 g/mol. The number of benzene rings is 2. The van der Waals surface area contributed by atoms with Crippen molar-refractivity contribution < 1.29 is 38.1 Å². The number of aryl methyl sites for hydroxylation is 1. The molecule has 9 heteroatoms. The highest BCUT2D eigenvalue weighted by molar-refractivity contribution is 5.92. The smallest absolute Gasteiger partial charge is 0.337 e. The van der Waals surface area contributed by atoms with Crippen molar-refractivity contribution in [3.8, 4) is 28.4 Å². The van der Waals surface area contributed by atoms with E-state index in [2.05, 4.69) is 5.32 Å². The number of hydrogen-bond acceptors (Lipinski definition) is 8. The Morgan fingerprint density at radius 2 is 1.77 bits per heavy atom. The van der Waals surface area contributed by atoms with Crippen molar-refractivity contribution in [3.05, 3.63) is 53.1 Å². The first-order chi connectivity index (χ1) is 16.9. The Hall–Kier alpha value is -4.01. The van der Waals surface area contributed by atoms with E-state index in [1.54, 1.807) is 39.3 Å². The summed E-state index contributed by atoms with van der Waals surface area (Å²) in [5.74, 6) is -0.115. The van der Waals surface area contributed by atoms with Gasteiger partial charge in [0.15, 0.2) is 18.1 Å². The minimum absolute atomic E-state index is 0.341. The van der Waals surface area contributed by atoms with Crippen LogP contribution in [-0.2, 0) is 25.5 Å². The van der Waals surface area contributed by atoms with Crippen LogP contribution >= 0.6 is 0 Å². The quantitative estimate of drug-likeness (QED) is 0.450. The van der Waals surface area contributed by atoms with Gasteiger partial charge in [-0.05, 0) is 54.7 Å². The Morgan fingerprint density at radius 3 is 2.40 bits per heavy atom. The maximum Gasteiger partial charge on any atom is 0.337 e. The molecule has 1 amide bonds. The molecule has 0 aliphatic heterocycles.